The van der Waals surface area contributed by atoms with Gasteiger partial charge in [-0.1, -0.05) is 31.4 Å². The smallest absolute Gasteiger partial charge is 0.0699 e. The van der Waals surface area contributed by atoms with Gasteiger partial charge in [0, 0.05) is 0 Å². The molecular formula is C16H23N. The summed E-state index contributed by atoms with van der Waals surface area (Å²) in [6, 6.07) is 2.78. The third kappa shape index (κ3) is 1.82. The Balaban J connectivity index is 1.84. The molecular weight excluding hydrogens is 206 g/mol. The minimum Gasteiger partial charge on any atom is -0.198 e. The maximum Gasteiger partial charge on any atom is 0.0699 e. The highest BCUT2D eigenvalue weighted by Gasteiger charge is 2.54. The monoisotopic (exact) mass is 229 g/mol. The van der Waals surface area contributed by atoms with Crippen molar-refractivity contribution < 1.29 is 0 Å². The average Bonchev–Trinajstić information content (AvgIpc) is 2.88. The molecule has 1 nitrogen and oxygen atoms in total. The van der Waals surface area contributed by atoms with Gasteiger partial charge in [-0.05, 0) is 56.3 Å². The van der Waals surface area contributed by atoms with Gasteiger partial charge in [0.25, 0.3) is 0 Å². The van der Waals surface area contributed by atoms with Crippen molar-refractivity contribution >= 4 is 0 Å². The summed E-state index contributed by atoms with van der Waals surface area (Å²) in [5.74, 6) is 2.15. The third-order valence-electron chi connectivity index (χ3n) is 5.52. The molecule has 0 aromatic heterocycles. The molecule has 1 heteroatoms. The Hall–Kier alpha value is -0.770. The molecule has 0 aromatic rings. The molecule has 2 fully saturated rings. The zero-order chi connectivity index (χ0) is 11.7. The molecule has 0 aliphatic heterocycles. The van der Waals surface area contributed by atoms with Crippen LogP contribution in [0.3, 0.4) is 0 Å². The van der Waals surface area contributed by atoms with Crippen LogP contribution in [-0.2, 0) is 0 Å². The number of allylic oxidation sites excluding steroid dienone is 2. The van der Waals surface area contributed by atoms with Crippen molar-refractivity contribution in [2.24, 2.45) is 23.2 Å². The molecule has 2 bridgehead atoms. The van der Waals surface area contributed by atoms with Gasteiger partial charge in [-0.2, -0.15) is 5.26 Å². The van der Waals surface area contributed by atoms with E-state index < -0.39 is 0 Å². The molecule has 0 N–H and O–H groups in total. The molecule has 0 heterocycles. The highest BCUT2D eigenvalue weighted by atomic mass is 14.6. The molecule has 3 rings (SSSR count). The minimum absolute atomic E-state index is 0.0246. The van der Waals surface area contributed by atoms with Crippen LogP contribution in [0.2, 0.25) is 0 Å². The van der Waals surface area contributed by atoms with Gasteiger partial charge in [0.15, 0.2) is 0 Å². The predicted octanol–water partition coefficient (Wildman–Crippen LogP) is 4.45. The summed E-state index contributed by atoms with van der Waals surface area (Å²) >= 11 is 0. The standard InChI is InChI=1S/C16H23N/c17-12-16(11-13-8-9-15(16)10-13)14-6-4-2-1-3-5-7-14/h4,6,13-15H,1-3,5,7-11H2/b6-4+. The van der Waals surface area contributed by atoms with Crippen LogP contribution in [0.4, 0.5) is 0 Å². The summed E-state index contributed by atoms with van der Waals surface area (Å²) < 4.78 is 0. The first kappa shape index (κ1) is 11.3. The fourth-order valence-electron chi connectivity index (χ4n) is 4.64. The van der Waals surface area contributed by atoms with E-state index in [0.717, 1.165) is 5.92 Å². The van der Waals surface area contributed by atoms with Gasteiger partial charge in [0.1, 0.15) is 0 Å². The van der Waals surface area contributed by atoms with E-state index in [1.807, 2.05) is 0 Å². The summed E-state index contributed by atoms with van der Waals surface area (Å²) in [6.07, 6.45) is 16.5. The van der Waals surface area contributed by atoms with E-state index in [0.29, 0.717) is 11.8 Å². The normalized spacial score (nSPS) is 47.1. The lowest BCUT2D eigenvalue weighted by molar-refractivity contribution is 0.162. The Kier molecular flexibility index (Phi) is 2.99. The van der Waals surface area contributed by atoms with E-state index in [4.69, 9.17) is 0 Å². The Morgan fingerprint density at radius 1 is 1.12 bits per heavy atom. The molecule has 92 valence electrons. The summed E-state index contributed by atoms with van der Waals surface area (Å²) in [5, 5.41) is 9.77. The summed E-state index contributed by atoms with van der Waals surface area (Å²) in [5.41, 5.74) is 0.0246. The van der Waals surface area contributed by atoms with Crippen molar-refractivity contribution in [3.05, 3.63) is 12.2 Å². The number of nitrogens with zero attached hydrogens (tertiary/aromatic N) is 1. The van der Waals surface area contributed by atoms with Crippen LogP contribution in [0.15, 0.2) is 12.2 Å². The van der Waals surface area contributed by atoms with Gasteiger partial charge >= 0.3 is 0 Å². The van der Waals surface area contributed by atoms with Crippen LogP contribution in [0.5, 0.6) is 0 Å². The lowest BCUT2D eigenvalue weighted by Gasteiger charge is -2.37. The Morgan fingerprint density at radius 3 is 2.76 bits per heavy atom. The van der Waals surface area contributed by atoms with Crippen molar-refractivity contribution in [2.75, 3.05) is 0 Å². The highest BCUT2D eigenvalue weighted by Crippen LogP contribution is 2.60. The molecule has 4 atom stereocenters. The predicted molar refractivity (Wildman–Crippen MR) is 69.2 cm³/mol. The maximum atomic E-state index is 9.77. The van der Waals surface area contributed by atoms with Gasteiger partial charge in [0.05, 0.1) is 11.5 Å². The van der Waals surface area contributed by atoms with E-state index in [1.165, 1.54) is 57.8 Å². The lowest BCUT2D eigenvalue weighted by atomic mass is 9.64. The lowest BCUT2D eigenvalue weighted by Crippen LogP contribution is -2.34. The molecule has 0 spiro atoms. The second-order valence-electron chi connectivity index (χ2n) is 6.40. The van der Waals surface area contributed by atoms with Crippen molar-refractivity contribution in [1.82, 2.24) is 0 Å². The first-order valence-corrected chi connectivity index (χ1v) is 7.43. The van der Waals surface area contributed by atoms with Gasteiger partial charge in [-0.3, -0.25) is 0 Å². The van der Waals surface area contributed by atoms with Crippen LogP contribution in [0.25, 0.3) is 0 Å². The molecule has 0 radical (unpaired) electrons. The van der Waals surface area contributed by atoms with Gasteiger partial charge in [0.2, 0.25) is 0 Å². The van der Waals surface area contributed by atoms with Crippen LogP contribution < -0.4 is 0 Å². The molecule has 2 saturated carbocycles. The largest absolute Gasteiger partial charge is 0.198 e. The topological polar surface area (TPSA) is 23.8 Å². The summed E-state index contributed by atoms with van der Waals surface area (Å²) in [4.78, 5) is 0. The van der Waals surface area contributed by atoms with E-state index in [-0.39, 0.29) is 5.41 Å². The number of hydrogen-bond donors (Lipinski definition) is 0. The Bertz CT molecular complexity index is 351. The van der Waals surface area contributed by atoms with Crippen LogP contribution in [0, 0.1) is 34.5 Å². The van der Waals surface area contributed by atoms with Gasteiger partial charge < -0.3 is 0 Å². The van der Waals surface area contributed by atoms with E-state index in [2.05, 4.69) is 18.2 Å². The van der Waals surface area contributed by atoms with Crippen LogP contribution in [0.1, 0.15) is 57.8 Å². The van der Waals surface area contributed by atoms with Crippen LogP contribution in [-0.4, -0.2) is 0 Å². The third-order valence-corrected chi connectivity index (χ3v) is 5.52. The van der Waals surface area contributed by atoms with Crippen molar-refractivity contribution in [3.63, 3.8) is 0 Å². The highest BCUT2D eigenvalue weighted by molar-refractivity contribution is 5.18. The molecule has 17 heavy (non-hydrogen) atoms. The second kappa shape index (κ2) is 4.48. The Labute approximate surface area is 105 Å². The first-order valence-electron chi connectivity index (χ1n) is 7.43. The molecule has 3 aliphatic rings. The maximum absolute atomic E-state index is 9.77. The quantitative estimate of drug-likeness (QED) is 0.609. The Morgan fingerprint density at radius 2 is 2.06 bits per heavy atom. The number of nitriles is 1. The zero-order valence-corrected chi connectivity index (χ0v) is 10.7. The average molecular weight is 229 g/mol. The van der Waals surface area contributed by atoms with Crippen molar-refractivity contribution in [2.45, 2.75) is 57.8 Å². The zero-order valence-electron chi connectivity index (χ0n) is 10.7. The van der Waals surface area contributed by atoms with E-state index in [1.54, 1.807) is 0 Å². The summed E-state index contributed by atoms with van der Waals surface area (Å²) in [7, 11) is 0. The number of rotatable bonds is 1. The van der Waals surface area contributed by atoms with Gasteiger partial charge in [-0.25, -0.2) is 0 Å². The van der Waals surface area contributed by atoms with Gasteiger partial charge in [-0.15, -0.1) is 0 Å². The molecule has 0 aromatic carbocycles. The number of fused-ring (bicyclic) bond motifs is 2. The fraction of sp³-hybridized carbons (Fsp3) is 0.812. The molecule has 4 unspecified atom stereocenters. The van der Waals surface area contributed by atoms with Crippen LogP contribution >= 0.6 is 0 Å². The summed E-state index contributed by atoms with van der Waals surface area (Å²) in [6.45, 7) is 0. The second-order valence-corrected chi connectivity index (χ2v) is 6.40. The minimum atomic E-state index is 0.0246. The van der Waals surface area contributed by atoms with Crippen molar-refractivity contribution in [3.8, 4) is 6.07 Å². The molecule has 0 saturated heterocycles. The fourth-order valence-corrected chi connectivity index (χ4v) is 4.64. The number of hydrogen-bond acceptors (Lipinski definition) is 1. The SMILES string of the molecule is N#CC1(C2/C=C/CCCCC2)CC2CCC1C2. The molecule has 0 amide bonds. The molecule has 3 aliphatic carbocycles. The van der Waals surface area contributed by atoms with E-state index >= 15 is 0 Å². The van der Waals surface area contributed by atoms with Crippen molar-refractivity contribution in [1.29, 1.82) is 5.26 Å². The van der Waals surface area contributed by atoms with E-state index in [9.17, 15) is 5.26 Å². The first-order chi connectivity index (χ1) is 8.35.